The van der Waals surface area contributed by atoms with Gasteiger partial charge in [-0.1, -0.05) is 18.2 Å². The predicted molar refractivity (Wildman–Crippen MR) is 73.4 cm³/mol. The fraction of sp³-hybridized carbons (Fsp3) is 0. The Kier molecular flexibility index (Phi) is 2.76. The Labute approximate surface area is 110 Å². The van der Waals surface area contributed by atoms with Crippen molar-refractivity contribution in [3.05, 3.63) is 66.7 Å². The topological polar surface area (TPSA) is 43.8 Å². The lowest BCUT2D eigenvalue weighted by Gasteiger charge is -2.01. The van der Waals surface area contributed by atoms with Crippen LogP contribution in [0, 0.1) is 5.82 Å². The molecule has 0 aliphatic carbocycles. The molecule has 0 aliphatic heterocycles. The zero-order valence-corrected chi connectivity index (χ0v) is 10.1. The maximum Gasteiger partial charge on any atom is 0.123 e. The van der Waals surface area contributed by atoms with E-state index in [-0.39, 0.29) is 5.82 Å². The van der Waals surface area contributed by atoms with Crippen LogP contribution in [0.4, 0.5) is 10.1 Å². The molecule has 0 amide bonds. The summed E-state index contributed by atoms with van der Waals surface area (Å²) in [5.74, 6) is -0.255. The molecule has 3 aromatic rings. The van der Waals surface area contributed by atoms with E-state index in [2.05, 4.69) is 5.10 Å². The molecule has 0 aliphatic rings. The first-order valence-electron chi connectivity index (χ1n) is 5.89. The summed E-state index contributed by atoms with van der Waals surface area (Å²) in [6, 6.07) is 13.9. The normalized spacial score (nSPS) is 10.6. The van der Waals surface area contributed by atoms with Gasteiger partial charge in [-0.25, -0.2) is 9.07 Å². The van der Waals surface area contributed by atoms with Crippen LogP contribution in [0.15, 0.2) is 60.9 Å². The van der Waals surface area contributed by atoms with Crippen LogP contribution in [0.1, 0.15) is 0 Å². The van der Waals surface area contributed by atoms with Crippen LogP contribution in [0.2, 0.25) is 0 Å². The molecular weight excluding hydrogens is 241 g/mol. The quantitative estimate of drug-likeness (QED) is 0.712. The summed E-state index contributed by atoms with van der Waals surface area (Å²) >= 11 is 0. The van der Waals surface area contributed by atoms with Crippen molar-refractivity contribution in [1.82, 2.24) is 9.78 Å². The number of halogens is 1. The molecule has 0 radical (unpaired) electrons. The molecule has 1 aromatic heterocycles. The van der Waals surface area contributed by atoms with Crippen molar-refractivity contribution in [2.75, 3.05) is 5.73 Å². The van der Waals surface area contributed by atoms with Gasteiger partial charge in [0, 0.05) is 17.4 Å². The minimum atomic E-state index is -0.255. The van der Waals surface area contributed by atoms with E-state index in [0.29, 0.717) is 5.69 Å². The second-order valence-electron chi connectivity index (χ2n) is 4.28. The van der Waals surface area contributed by atoms with Gasteiger partial charge in [0.1, 0.15) is 5.82 Å². The molecule has 0 fully saturated rings. The van der Waals surface area contributed by atoms with Gasteiger partial charge in [0.2, 0.25) is 0 Å². The van der Waals surface area contributed by atoms with Crippen molar-refractivity contribution < 1.29 is 4.39 Å². The Bertz CT molecular complexity index is 659. The fourth-order valence-electron chi connectivity index (χ4n) is 1.95. The van der Waals surface area contributed by atoms with E-state index in [0.717, 1.165) is 16.8 Å². The highest BCUT2D eigenvalue weighted by molar-refractivity contribution is 5.62. The van der Waals surface area contributed by atoms with Crippen LogP contribution in [0.5, 0.6) is 0 Å². The van der Waals surface area contributed by atoms with Gasteiger partial charge in [-0.2, -0.15) is 5.10 Å². The molecule has 3 rings (SSSR count). The molecule has 2 N–H and O–H groups in total. The smallest absolute Gasteiger partial charge is 0.123 e. The van der Waals surface area contributed by atoms with Crippen LogP contribution < -0.4 is 5.73 Å². The van der Waals surface area contributed by atoms with E-state index >= 15 is 0 Å². The van der Waals surface area contributed by atoms with Crippen molar-refractivity contribution in [2.24, 2.45) is 0 Å². The van der Waals surface area contributed by atoms with Crippen LogP contribution in [-0.4, -0.2) is 9.78 Å². The Morgan fingerprint density at radius 2 is 1.84 bits per heavy atom. The monoisotopic (exact) mass is 253 g/mol. The molecule has 0 unspecified atom stereocenters. The van der Waals surface area contributed by atoms with Gasteiger partial charge < -0.3 is 5.73 Å². The minimum Gasteiger partial charge on any atom is -0.399 e. The zero-order chi connectivity index (χ0) is 13.2. The van der Waals surface area contributed by atoms with E-state index in [1.807, 2.05) is 36.5 Å². The van der Waals surface area contributed by atoms with Gasteiger partial charge in [-0.05, 0) is 35.9 Å². The van der Waals surface area contributed by atoms with E-state index in [1.165, 1.54) is 12.1 Å². The Balaban J connectivity index is 2.00. The second-order valence-corrected chi connectivity index (χ2v) is 4.28. The van der Waals surface area contributed by atoms with Crippen molar-refractivity contribution in [3.8, 4) is 16.8 Å². The molecule has 3 nitrogen and oxygen atoms in total. The number of nitrogens with zero attached hydrogens (tertiary/aromatic N) is 2. The highest BCUT2D eigenvalue weighted by Gasteiger charge is 2.04. The number of nitrogen functional groups attached to an aromatic ring is 1. The molecule has 1 heterocycles. The first-order valence-corrected chi connectivity index (χ1v) is 5.89. The van der Waals surface area contributed by atoms with Gasteiger partial charge in [-0.15, -0.1) is 0 Å². The fourth-order valence-corrected chi connectivity index (χ4v) is 1.95. The summed E-state index contributed by atoms with van der Waals surface area (Å²) in [6.07, 6.45) is 3.56. The third-order valence-electron chi connectivity index (χ3n) is 2.88. The molecule has 0 saturated heterocycles. The van der Waals surface area contributed by atoms with E-state index in [9.17, 15) is 4.39 Å². The van der Waals surface area contributed by atoms with Crippen molar-refractivity contribution in [2.45, 2.75) is 0 Å². The molecule has 19 heavy (non-hydrogen) atoms. The van der Waals surface area contributed by atoms with Crippen LogP contribution in [0.25, 0.3) is 16.8 Å². The molecule has 4 heteroatoms. The molecule has 0 atom stereocenters. The molecular formula is C15H12FN3. The standard InChI is InChI=1S/C15H12FN3/c16-13-4-1-3-11(7-13)12-9-18-19(10-12)15-6-2-5-14(17)8-15/h1-10H,17H2. The first-order chi connectivity index (χ1) is 9.22. The van der Waals surface area contributed by atoms with Crippen molar-refractivity contribution in [1.29, 1.82) is 0 Å². The van der Waals surface area contributed by atoms with Crippen LogP contribution in [-0.2, 0) is 0 Å². The summed E-state index contributed by atoms with van der Waals surface area (Å²) < 4.78 is 14.9. The Morgan fingerprint density at radius 3 is 2.63 bits per heavy atom. The number of hydrogen-bond donors (Lipinski definition) is 1. The van der Waals surface area contributed by atoms with E-state index in [1.54, 1.807) is 16.9 Å². The van der Waals surface area contributed by atoms with Gasteiger partial charge in [0.25, 0.3) is 0 Å². The number of rotatable bonds is 2. The van der Waals surface area contributed by atoms with Gasteiger partial charge in [0.05, 0.1) is 11.9 Å². The van der Waals surface area contributed by atoms with Gasteiger partial charge in [0.15, 0.2) is 0 Å². The third-order valence-corrected chi connectivity index (χ3v) is 2.88. The molecule has 0 spiro atoms. The van der Waals surface area contributed by atoms with Crippen LogP contribution in [0.3, 0.4) is 0 Å². The largest absolute Gasteiger partial charge is 0.399 e. The average molecular weight is 253 g/mol. The second kappa shape index (κ2) is 4.57. The highest BCUT2D eigenvalue weighted by Crippen LogP contribution is 2.21. The summed E-state index contributed by atoms with van der Waals surface area (Å²) in [5, 5.41) is 4.27. The van der Waals surface area contributed by atoms with E-state index in [4.69, 9.17) is 5.73 Å². The maximum atomic E-state index is 13.2. The zero-order valence-electron chi connectivity index (χ0n) is 10.1. The maximum absolute atomic E-state index is 13.2. The Hall–Kier alpha value is -2.62. The summed E-state index contributed by atoms with van der Waals surface area (Å²) in [7, 11) is 0. The number of aromatic nitrogens is 2. The van der Waals surface area contributed by atoms with Crippen molar-refractivity contribution in [3.63, 3.8) is 0 Å². The van der Waals surface area contributed by atoms with Crippen molar-refractivity contribution >= 4 is 5.69 Å². The van der Waals surface area contributed by atoms with Gasteiger partial charge >= 0.3 is 0 Å². The highest BCUT2D eigenvalue weighted by atomic mass is 19.1. The van der Waals surface area contributed by atoms with Gasteiger partial charge in [-0.3, -0.25) is 0 Å². The summed E-state index contributed by atoms with van der Waals surface area (Å²) in [5.41, 5.74) is 8.97. The molecule has 0 bridgehead atoms. The van der Waals surface area contributed by atoms with E-state index < -0.39 is 0 Å². The average Bonchev–Trinajstić information content (AvgIpc) is 2.88. The SMILES string of the molecule is Nc1cccc(-n2cc(-c3cccc(F)c3)cn2)c1. The van der Waals surface area contributed by atoms with Crippen LogP contribution >= 0.6 is 0 Å². The number of anilines is 1. The molecule has 94 valence electrons. The molecule has 2 aromatic carbocycles. The number of nitrogens with two attached hydrogens (primary N) is 1. The minimum absolute atomic E-state index is 0.255. The predicted octanol–water partition coefficient (Wildman–Crippen LogP) is 3.26. The number of hydrogen-bond acceptors (Lipinski definition) is 2. The summed E-state index contributed by atoms with van der Waals surface area (Å²) in [4.78, 5) is 0. The molecule has 0 saturated carbocycles. The summed E-state index contributed by atoms with van der Waals surface area (Å²) in [6.45, 7) is 0. The lowest BCUT2D eigenvalue weighted by Crippen LogP contribution is -1.95. The lowest BCUT2D eigenvalue weighted by molar-refractivity contribution is 0.628. The Morgan fingerprint density at radius 1 is 1.00 bits per heavy atom. The number of benzene rings is 2. The first kappa shape index (κ1) is 11.5. The third kappa shape index (κ3) is 2.33. The lowest BCUT2D eigenvalue weighted by atomic mass is 10.1.